The lowest BCUT2D eigenvalue weighted by Crippen LogP contribution is -2.30. The zero-order chi connectivity index (χ0) is 20.8. The summed E-state index contributed by atoms with van der Waals surface area (Å²) in [5.74, 6) is -4.05. The van der Waals surface area contributed by atoms with Crippen molar-refractivity contribution in [3.05, 3.63) is 40.9 Å². The maximum Gasteiger partial charge on any atom is 0.251 e. The molecule has 2 amide bonds. The molecule has 2 rings (SSSR count). The van der Waals surface area contributed by atoms with Crippen LogP contribution >= 0.6 is 0 Å². The number of carbonyl (C=O) groups excluding carboxylic acids is 2. The van der Waals surface area contributed by atoms with E-state index in [0.29, 0.717) is 19.4 Å². The molecule has 0 heterocycles. The molecule has 8 N–H and O–H groups in total. The van der Waals surface area contributed by atoms with Gasteiger partial charge in [0.25, 0.3) is 5.91 Å². The van der Waals surface area contributed by atoms with Crippen LogP contribution in [0.15, 0.2) is 35.3 Å². The molecule has 0 aromatic heterocycles. The van der Waals surface area contributed by atoms with Gasteiger partial charge in [-0.3, -0.25) is 9.59 Å². The van der Waals surface area contributed by atoms with E-state index in [0.717, 1.165) is 18.2 Å². The molecular formula is C18H22N2O8. The molecule has 0 radical (unpaired) electrons. The number of hydrogen-bond donors (Lipinski definition) is 8. The van der Waals surface area contributed by atoms with Gasteiger partial charge in [-0.1, -0.05) is 0 Å². The molecule has 10 heteroatoms. The number of hydrogen-bond acceptors (Lipinski definition) is 8. The Morgan fingerprint density at radius 2 is 1.46 bits per heavy atom. The Kier molecular flexibility index (Phi) is 6.72. The quantitative estimate of drug-likeness (QED) is 0.242. The molecule has 1 aromatic rings. The first kappa shape index (κ1) is 20.9. The van der Waals surface area contributed by atoms with E-state index in [1.807, 2.05) is 0 Å². The minimum Gasteiger partial charge on any atom is -0.506 e. The lowest BCUT2D eigenvalue weighted by Gasteiger charge is -2.18. The predicted octanol–water partition coefficient (Wildman–Crippen LogP) is 0.448. The van der Waals surface area contributed by atoms with E-state index in [-0.39, 0.29) is 24.1 Å². The fraction of sp³-hybridized carbons (Fsp3) is 0.333. The van der Waals surface area contributed by atoms with E-state index in [4.69, 9.17) is 0 Å². The predicted molar refractivity (Wildman–Crippen MR) is 97.0 cm³/mol. The Labute approximate surface area is 160 Å². The second-order valence-corrected chi connectivity index (χ2v) is 6.24. The van der Waals surface area contributed by atoms with Crippen molar-refractivity contribution in [3.63, 3.8) is 0 Å². The van der Waals surface area contributed by atoms with Crippen LogP contribution in [0.2, 0.25) is 0 Å². The summed E-state index contributed by atoms with van der Waals surface area (Å²) in [6, 6.07) is 2.05. The number of aliphatic hydroxyl groups is 3. The van der Waals surface area contributed by atoms with Gasteiger partial charge in [0.1, 0.15) is 6.10 Å². The second-order valence-electron chi connectivity index (χ2n) is 6.24. The molecule has 0 spiro atoms. The Hall–Kier alpha value is -3.40. The summed E-state index contributed by atoms with van der Waals surface area (Å²) in [7, 11) is 0. The van der Waals surface area contributed by atoms with Crippen LogP contribution in [-0.2, 0) is 4.79 Å². The molecule has 0 bridgehead atoms. The third-order valence-corrected chi connectivity index (χ3v) is 4.10. The number of nitrogens with one attached hydrogen (secondary N) is 2. The summed E-state index contributed by atoms with van der Waals surface area (Å²) < 4.78 is 0. The first-order valence-electron chi connectivity index (χ1n) is 8.52. The SMILES string of the molecule is O=C(NCCCCNC(=O)c1cc(O)c(O)c(O)c1)C1=CC(O)=C(O)C(O)C1. The normalized spacial score (nSPS) is 16.5. The smallest absolute Gasteiger partial charge is 0.251 e. The highest BCUT2D eigenvalue weighted by Crippen LogP contribution is 2.35. The van der Waals surface area contributed by atoms with E-state index >= 15 is 0 Å². The van der Waals surface area contributed by atoms with Crippen LogP contribution in [-0.4, -0.2) is 61.6 Å². The summed E-state index contributed by atoms with van der Waals surface area (Å²) in [5, 5.41) is 61.5. The van der Waals surface area contributed by atoms with E-state index in [9.17, 15) is 40.2 Å². The van der Waals surface area contributed by atoms with Gasteiger partial charge in [-0.15, -0.1) is 0 Å². The molecule has 28 heavy (non-hydrogen) atoms. The third kappa shape index (κ3) is 5.07. The van der Waals surface area contributed by atoms with Gasteiger partial charge in [0.2, 0.25) is 5.91 Å². The number of phenolic OH excluding ortho intramolecular Hbond substituents is 3. The molecule has 0 saturated heterocycles. The number of amides is 2. The van der Waals surface area contributed by atoms with Crippen molar-refractivity contribution in [2.45, 2.75) is 25.4 Å². The number of benzene rings is 1. The summed E-state index contributed by atoms with van der Waals surface area (Å²) in [5.41, 5.74) is 0.128. The molecule has 1 aliphatic carbocycles. The van der Waals surface area contributed by atoms with Crippen LogP contribution in [0.4, 0.5) is 0 Å². The fourth-order valence-corrected chi connectivity index (χ4v) is 2.54. The molecule has 0 saturated carbocycles. The third-order valence-electron chi connectivity index (χ3n) is 4.10. The van der Waals surface area contributed by atoms with Gasteiger partial charge in [0, 0.05) is 30.6 Å². The molecule has 1 aliphatic rings. The average molecular weight is 394 g/mol. The van der Waals surface area contributed by atoms with Gasteiger partial charge < -0.3 is 41.3 Å². The fourth-order valence-electron chi connectivity index (χ4n) is 2.54. The van der Waals surface area contributed by atoms with Crippen LogP contribution in [0.5, 0.6) is 17.2 Å². The van der Waals surface area contributed by atoms with Crippen molar-refractivity contribution in [3.8, 4) is 17.2 Å². The number of phenols is 3. The van der Waals surface area contributed by atoms with E-state index < -0.39 is 46.7 Å². The lowest BCUT2D eigenvalue weighted by molar-refractivity contribution is -0.118. The monoisotopic (exact) mass is 394 g/mol. The largest absolute Gasteiger partial charge is 0.506 e. The number of allylic oxidation sites excluding steroid dienone is 1. The van der Waals surface area contributed by atoms with Gasteiger partial charge in [-0.25, -0.2) is 0 Å². The number of unbranched alkanes of at least 4 members (excludes halogenated alkanes) is 1. The van der Waals surface area contributed by atoms with Crippen molar-refractivity contribution in [2.24, 2.45) is 0 Å². The Morgan fingerprint density at radius 1 is 0.929 bits per heavy atom. The van der Waals surface area contributed by atoms with Crippen LogP contribution in [0, 0.1) is 0 Å². The molecule has 0 fully saturated rings. The topological polar surface area (TPSA) is 180 Å². The molecular weight excluding hydrogens is 372 g/mol. The number of aliphatic hydroxyl groups excluding tert-OH is 3. The maximum absolute atomic E-state index is 12.0. The molecule has 1 atom stereocenters. The average Bonchev–Trinajstić information content (AvgIpc) is 2.65. The summed E-state index contributed by atoms with van der Waals surface area (Å²) in [4.78, 5) is 23.9. The van der Waals surface area contributed by atoms with E-state index in [1.54, 1.807) is 0 Å². The lowest BCUT2D eigenvalue weighted by atomic mass is 9.99. The zero-order valence-corrected chi connectivity index (χ0v) is 14.8. The van der Waals surface area contributed by atoms with Crippen molar-refractivity contribution < 1.29 is 40.2 Å². The zero-order valence-electron chi connectivity index (χ0n) is 14.8. The standard InChI is InChI=1S/C18H22N2O8/c21-11-5-9(6-12(22)15(11)25)17(27)19-3-1-2-4-20-18(28)10-7-13(23)16(26)14(24)8-10/h5-7,14,21-26H,1-4,8H2,(H,19,27)(H,20,28). The Balaban J connectivity index is 1.70. The highest BCUT2D eigenvalue weighted by Gasteiger charge is 2.24. The minimum absolute atomic E-state index is 0.0139. The van der Waals surface area contributed by atoms with Crippen molar-refractivity contribution in [1.29, 1.82) is 0 Å². The van der Waals surface area contributed by atoms with Crippen molar-refractivity contribution in [1.82, 2.24) is 10.6 Å². The number of rotatable bonds is 7. The van der Waals surface area contributed by atoms with Gasteiger partial charge in [0.05, 0.1) is 0 Å². The highest BCUT2D eigenvalue weighted by molar-refractivity contribution is 5.95. The molecule has 0 aliphatic heterocycles. The first-order valence-corrected chi connectivity index (χ1v) is 8.52. The highest BCUT2D eigenvalue weighted by atomic mass is 16.3. The van der Waals surface area contributed by atoms with Crippen LogP contribution < -0.4 is 10.6 Å². The van der Waals surface area contributed by atoms with Gasteiger partial charge in [-0.2, -0.15) is 0 Å². The summed E-state index contributed by atoms with van der Waals surface area (Å²) in [6.07, 6.45) is 0.723. The minimum atomic E-state index is -1.32. The maximum atomic E-state index is 12.0. The molecule has 1 unspecified atom stereocenters. The van der Waals surface area contributed by atoms with Crippen LogP contribution in [0.3, 0.4) is 0 Å². The number of aromatic hydroxyl groups is 3. The summed E-state index contributed by atoms with van der Waals surface area (Å²) >= 11 is 0. The van der Waals surface area contributed by atoms with Crippen LogP contribution in [0.25, 0.3) is 0 Å². The number of carbonyl (C=O) groups is 2. The van der Waals surface area contributed by atoms with Crippen molar-refractivity contribution in [2.75, 3.05) is 13.1 Å². The first-order chi connectivity index (χ1) is 13.2. The second kappa shape index (κ2) is 9.00. The van der Waals surface area contributed by atoms with E-state index in [2.05, 4.69) is 10.6 Å². The Morgan fingerprint density at radius 3 is 2.00 bits per heavy atom. The van der Waals surface area contributed by atoms with Gasteiger partial charge >= 0.3 is 0 Å². The van der Waals surface area contributed by atoms with Crippen LogP contribution in [0.1, 0.15) is 29.6 Å². The Bertz CT molecular complexity index is 808. The molecule has 1 aromatic carbocycles. The van der Waals surface area contributed by atoms with E-state index in [1.165, 1.54) is 0 Å². The molecule has 152 valence electrons. The summed E-state index contributed by atoms with van der Waals surface area (Å²) in [6.45, 7) is 0.565. The molecule has 10 nitrogen and oxygen atoms in total. The van der Waals surface area contributed by atoms with Gasteiger partial charge in [0.15, 0.2) is 28.8 Å². The van der Waals surface area contributed by atoms with Gasteiger partial charge in [-0.05, 0) is 31.1 Å². The van der Waals surface area contributed by atoms with Crippen molar-refractivity contribution >= 4 is 11.8 Å².